The van der Waals surface area contributed by atoms with E-state index in [4.69, 9.17) is 0 Å². The Balaban J connectivity index is 1.45. The summed E-state index contributed by atoms with van der Waals surface area (Å²) in [5.41, 5.74) is 7.44. The zero-order chi connectivity index (χ0) is 22.5. The molecule has 0 aromatic heterocycles. The maximum Gasteiger partial charge on any atom is 0.279 e. The molecule has 2 amide bonds. The number of benzene rings is 2. The predicted molar refractivity (Wildman–Crippen MR) is 125 cm³/mol. The van der Waals surface area contributed by atoms with Gasteiger partial charge in [0.2, 0.25) is 0 Å². The maximum atomic E-state index is 12.6. The van der Waals surface area contributed by atoms with E-state index < -0.39 is 0 Å². The third kappa shape index (κ3) is 6.15. The number of piperazine rings is 1. The highest BCUT2D eigenvalue weighted by atomic mass is 16.2. The summed E-state index contributed by atoms with van der Waals surface area (Å²) in [4.78, 5) is 27.7. The van der Waals surface area contributed by atoms with Gasteiger partial charge in [-0.15, -0.1) is 0 Å². The molecule has 1 aliphatic heterocycles. The van der Waals surface area contributed by atoms with Crippen LogP contribution in [-0.4, -0.2) is 51.1 Å². The molecule has 0 radical (unpaired) electrons. The lowest BCUT2D eigenvalue weighted by Crippen LogP contribution is -3.28. The van der Waals surface area contributed by atoms with Gasteiger partial charge in [0.25, 0.3) is 11.8 Å². The largest absolute Gasteiger partial charge is 0.321 e. The highest BCUT2D eigenvalue weighted by molar-refractivity contribution is 5.93. The van der Waals surface area contributed by atoms with Crippen LogP contribution in [0.25, 0.3) is 0 Å². The molecule has 2 aromatic carbocycles. The number of quaternary nitrogens is 2. The van der Waals surface area contributed by atoms with E-state index >= 15 is 0 Å². The quantitative estimate of drug-likeness (QED) is 0.548. The first-order chi connectivity index (χ1) is 14.7. The fourth-order valence-corrected chi connectivity index (χ4v) is 4.52. The van der Waals surface area contributed by atoms with E-state index in [1.54, 1.807) is 0 Å². The van der Waals surface area contributed by atoms with Gasteiger partial charge in [-0.05, 0) is 56.9 Å². The average Bonchev–Trinajstić information content (AvgIpc) is 2.69. The Kier molecular flexibility index (Phi) is 7.46. The molecule has 0 unspecified atom stereocenters. The van der Waals surface area contributed by atoms with Gasteiger partial charge < -0.3 is 20.4 Å². The van der Waals surface area contributed by atoms with Crippen molar-refractivity contribution in [1.82, 2.24) is 0 Å². The second-order valence-corrected chi connectivity index (χ2v) is 8.99. The van der Waals surface area contributed by atoms with Crippen molar-refractivity contribution in [3.63, 3.8) is 0 Å². The van der Waals surface area contributed by atoms with E-state index in [1.807, 2.05) is 45.9 Å². The molecular formula is C25H36N4O2+2. The first-order valence-electron chi connectivity index (χ1n) is 11.1. The number of rotatable bonds is 6. The number of amides is 2. The van der Waals surface area contributed by atoms with Gasteiger partial charge >= 0.3 is 0 Å². The third-order valence-electron chi connectivity index (χ3n) is 6.17. The first-order valence-corrected chi connectivity index (χ1v) is 11.1. The van der Waals surface area contributed by atoms with E-state index in [0.717, 1.165) is 59.8 Å². The molecule has 1 fully saturated rings. The Morgan fingerprint density at radius 3 is 1.52 bits per heavy atom. The van der Waals surface area contributed by atoms with E-state index in [1.165, 1.54) is 15.4 Å². The maximum absolute atomic E-state index is 12.6. The molecule has 0 spiro atoms. The number of carbonyl (C=O) groups is 2. The molecular weight excluding hydrogens is 388 g/mol. The number of anilines is 2. The van der Waals surface area contributed by atoms with Crippen LogP contribution in [0.2, 0.25) is 0 Å². The Bertz CT molecular complexity index is 919. The molecule has 3 rings (SSSR count). The number of aryl methyl sites for hydroxylation is 5. The Labute approximate surface area is 185 Å². The monoisotopic (exact) mass is 424 g/mol. The van der Waals surface area contributed by atoms with Crippen molar-refractivity contribution in [3.05, 3.63) is 58.1 Å². The summed E-state index contributed by atoms with van der Waals surface area (Å²) in [5.74, 6) is 0.111. The summed E-state index contributed by atoms with van der Waals surface area (Å²) >= 11 is 0. The van der Waals surface area contributed by atoms with Gasteiger partial charge in [0.15, 0.2) is 13.1 Å². The molecule has 6 nitrogen and oxygen atoms in total. The van der Waals surface area contributed by atoms with Crippen molar-refractivity contribution in [2.45, 2.75) is 34.6 Å². The van der Waals surface area contributed by atoms with Crippen LogP contribution in [0.4, 0.5) is 11.4 Å². The Morgan fingerprint density at radius 1 is 0.710 bits per heavy atom. The third-order valence-corrected chi connectivity index (χ3v) is 6.17. The van der Waals surface area contributed by atoms with E-state index in [0.29, 0.717) is 13.1 Å². The van der Waals surface area contributed by atoms with Crippen LogP contribution in [0.3, 0.4) is 0 Å². The summed E-state index contributed by atoms with van der Waals surface area (Å²) in [6, 6.07) is 10.2. The molecule has 166 valence electrons. The molecule has 0 bridgehead atoms. The molecule has 6 heteroatoms. The highest BCUT2D eigenvalue weighted by Gasteiger charge is 2.26. The van der Waals surface area contributed by atoms with Crippen molar-refractivity contribution in [2.75, 3.05) is 49.9 Å². The van der Waals surface area contributed by atoms with E-state index in [-0.39, 0.29) is 11.8 Å². The lowest BCUT2D eigenvalue weighted by molar-refractivity contribution is -1.00. The summed E-state index contributed by atoms with van der Waals surface area (Å²) in [5, 5.41) is 6.18. The van der Waals surface area contributed by atoms with Gasteiger partial charge in [-0.2, -0.15) is 0 Å². The minimum Gasteiger partial charge on any atom is -0.321 e. The minimum atomic E-state index is 0.0546. The normalized spacial score (nSPS) is 18.5. The number of nitrogens with one attached hydrogen (secondary N) is 4. The van der Waals surface area contributed by atoms with Crippen LogP contribution >= 0.6 is 0 Å². The molecule has 0 aliphatic carbocycles. The topological polar surface area (TPSA) is 67.1 Å². The highest BCUT2D eigenvalue weighted by Crippen LogP contribution is 2.21. The van der Waals surface area contributed by atoms with Crippen LogP contribution in [-0.2, 0) is 9.59 Å². The van der Waals surface area contributed by atoms with Crippen molar-refractivity contribution in [2.24, 2.45) is 0 Å². The zero-order valence-electron chi connectivity index (χ0n) is 19.4. The summed E-state index contributed by atoms with van der Waals surface area (Å²) < 4.78 is 0. The summed E-state index contributed by atoms with van der Waals surface area (Å²) in [6.07, 6.45) is 0. The average molecular weight is 425 g/mol. The fourth-order valence-electron chi connectivity index (χ4n) is 4.52. The summed E-state index contributed by atoms with van der Waals surface area (Å²) in [6.45, 7) is 14.7. The Morgan fingerprint density at radius 2 is 1.10 bits per heavy atom. The van der Waals surface area contributed by atoms with Crippen molar-refractivity contribution in [1.29, 1.82) is 0 Å². The predicted octanol–water partition coefficient (Wildman–Crippen LogP) is 0.589. The number of hydrogen-bond donors (Lipinski definition) is 4. The molecule has 0 atom stereocenters. The fraction of sp³-hybridized carbons (Fsp3) is 0.440. The first kappa shape index (κ1) is 23.0. The van der Waals surface area contributed by atoms with Gasteiger partial charge in [0.05, 0.1) is 0 Å². The van der Waals surface area contributed by atoms with Gasteiger partial charge in [0, 0.05) is 11.4 Å². The van der Waals surface area contributed by atoms with Crippen LogP contribution < -0.4 is 20.4 Å². The molecule has 2 aromatic rings. The lowest BCUT2D eigenvalue weighted by atomic mass is 10.1. The van der Waals surface area contributed by atoms with Crippen LogP contribution in [0.15, 0.2) is 30.3 Å². The van der Waals surface area contributed by atoms with Crippen molar-refractivity contribution in [3.8, 4) is 0 Å². The van der Waals surface area contributed by atoms with Gasteiger partial charge in [0.1, 0.15) is 26.2 Å². The molecule has 31 heavy (non-hydrogen) atoms. The van der Waals surface area contributed by atoms with Crippen LogP contribution in [0.5, 0.6) is 0 Å². The van der Waals surface area contributed by atoms with Gasteiger partial charge in [-0.25, -0.2) is 0 Å². The number of carbonyl (C=O) groups excluding carboxylic acids is 2. The smallest absolute Gasteiger partial charge is 0.279 e. The van der Waals surface area contributed by atoms with Crippen LogP contribution in [0.1, 0.15) is 27.8 Å². The molecule has 1 aliphatic rings. The van der Waals surface area contributed by atoms with Crippen molar-refractivity contribution < 1.29 is 19.4 Å². The SMILES string of the molecule is Cc1cc(C)c(NC(=O)C[NH+]2CC[NH+](CC(=O)Nc3c(C)cccc3C)CC2)c(C)c1. The molecule has 4 N–H and O–H groups in total. The standard InChI is InChI=1S/C25H34N4O2/c1-17-13-20(4)25(21(5)14-17)27-23(31)16-29-11-9-28(10-12-29)15-22(30)26-24-18(2)7-6-8-19(24)3/h6-8,13-14H,9-12,15-16H2,1-5H3,(H,26,30)(H,27,31)/p+2. The van der Waals surface area contributed by atoms with Crippen LogP contribution in [0, 0.1) is 34.6 Å². The van der Waals surface area contributed by atoms with Gasteiger partial charge in [-0.3, -0.25) is 9.59 Å². The molecule has 1 saturated heterocycles. The van der Waals surface area contributed by atoms with Crippen molar-refractivity contribution >= 4 is 23.2 Å². The zero-order valence-corrected chi connectivity index (χ0v) is 19.4. The summed E-state index contributed by atoms with van der Waals surface area (Å²) in [7, 11) is 0. The molecule has 0 saturated carbocycles. The minimum absolute atomic E-state index is 0.0546. The number of hydrogen-bond acceptors (Lipinski definition) is 2. The van der Waals surface area contributed by atoms with E-state index in [9.17, 15) is 9.59 Å². The number of para-hydroxylation sites is 1. The Hall–Kier alpha value is -2.70. The molecule has 1 heterocycles. The second kappa shape index (κ2) is 10.1. The lowest BCUT2D eigenvalue weighted by Gasteiger charge is -2.29. The van der Waals surface area contributed by atoms with Gasteiger partial charge in [-0.1, -0.05) is 35.9 Å². The van der Waals surface area contributed by atoms with E-state index in [2.05, 4.69) is 29.7 Å². The second-order valence-electron chi connectivity index (χ2n) is 8.99.